The standard InChI is InChI=1S/C14H29N3O3S/c1-2-7-15-12-13-3-8-17(9-4-13)21(18,19)16-14-5-10-20-11-6-14/h13-16H,2-12H2,1H3. The van der Waals surface area contributed by atoms with E-state index < -0.39 is 10.2 Å². The van der Waals surface area contributed by atoms with Gasteiger partial charge >= 0.3 is 0 Å². The molecule has 0 unspecified atom stereocenters. The summed E-state index contributed by atoms with van der Waals surface area (Å²) in [4.78, 5) is 0. The van der Waals surface area contributed by atoms with Gasteiger partial charge in [-0.15, -0.1) is 0 Å². The van der Waals surface area contributed by atoms with Gasteiger partial charge in [0.05, 0.1) is 0 Å². The van der Waals surface area contributed by atoms with Crippen LogP contribution in [0, 0.1) is 5.92 Å². The van der Waals surface area contributed by atoms with E-state index in [9.17, 15) is 8.42 Å². The molecule has 2 aliphatic rings. The molecule has 0 radical (unpaired) electrons. The van der Waals surface area contributed by atoms with E-state index in [2.05, 4.69) is 17.0 Å². The number of nitrogens with zero attached hydrogens (tertiary/aromatic N) is 1. The lowest BCUT2D eigenvalue weighted by molar-refractivity contribution is 0.0826. The summed E-state index contributed by atoms with van der Waals surface area (Å²) in [6.07, 6.45) is 4.59. The summed E-state index contributed by atoms with van der Waals surface area (Å²) < 4.78 is 34.5. The lowest BCUT2D eigenvalue weighted by Crippen LogP contribution is -2.50. The molecule has 0 aromatic carbocycles. The van der Waals surface area contributed by atoms with Crippen molar-refractivity contribution in [3.8, 4) is 0 Å². The highest BCUT2D eigenvalue weighted by Crippen LogP contribution is 2.19. The minimum absolute atomic E-state index is 0.0349. The monoisotopic (exact) mass is 319 g/mol. The highest BCUT2D eigenvalue weighted by atomic mass is 32.2. The zero-order valence-electron chi connectivity index (χ0n) is 13.0. The highest BCUT2D eigenvalue weighted by molar-refractivity contribution is 7.87. The van der Waals surface area contributed by atoms with Gasteiger partial charge in [0.25, 0.3) is 10.2 Å². The first kappa shape index (κ1) is 17.1. The minimum Gasteiger partial charge on any atom is -0.381 e. The summed E-state index contributed by atoms with van der Waals surface area (Å²) in [7, 11) is -3.32. The predicted molar refractivity (Wildman–Crippen MR) is 83.4 cm³/mol. The van der Waals surface area contributed by atoms with Crippen molar-refractivity contribution in [1.82, 2.24) is 14.3 Å². The van der Waals surface area contributed by atoms with Gasteiger partial charge in [-0.2, -0.15) is 17.4 Å². The van der Waals surface area contributed by atoms with Crippen LogP contribution in [0.5, 0.6) is 0 Å². The Kier molecular flexibility index (Phi) is 6.88. The Morgan fingerprint density at radius 2 is 1.81 bits per heavy atom. The first-order chi connectivity index (χ1) is 10.1. The van der Waals surface area contributed by atoms with E-state index in [0.29, 0.717) is 32.2 Å². The van der Waals surface area contributed by atoms with E-state index in [4.69, 9.17) is 4.74 Å². The SMILES string of the molecule is CCCNCC1CCN(S(=O)(=O)NC2CCOCC2)CC1. The first-order valence-corrected chi connectivity index (χ1v) is 9.61. The van der Waals surface area contributed by atoms with Crippen LogP contribution in [-0.4, -0.2) is 58.2 Å². The third kappa shape index (κ3) is 5.49. The molecule has 2 N–H and O–H groups in total. The summed E-state index contributed by atoms with van der Waals surface area (Å²) in [6, 6.07) is 0.0349. The molecule has 0 atom stereocenters. The molecule has 0 aliphatic carbocycles. The average Bonchev–Trinajstić information content (AvgIpc) is 2.49. The van der Waals surface area contributed by atoms with Crippen molar-refractivity contribution in [3.05, 3.63) is 0 Å². The van der Waals surface area contributed by atoms with Gasteiger partial charge in [0.2, 0.25) is 0 Å². The molecule has 6 nitrogen and oxygen atoms in total. The molecule has 2 rings (SSSR count). The molecule has 0 aromatic rings. The molecule has 0 amide bonds. The molecule has 0 saturated carbocycles. The largest absolute Gasteiger partial charge is 0.381 e. The Bertz CT molecular complexity index is 388. The van der Waals surface area contributed by atoms with Gasteiger partial charge < -0.3 is 10.1 Å². The Labute approximate surface area is 128 Å². The van der Waals surface area contributed by atoms with Crippen LogP contribution in [0.25, 0.3) is 0 Å². The molecule has 2 heterocycles. The van der Waals surface area contributed by atoms with Gasteiger partial charge in [-0.05, 0) is 51.1 Å². The van der Waals surface area contributed by atoms with Crippen LogP contribution in [0.3, 0.4) is 0 Å². The molecule has 7 heteroatoms. The van der Waals surface area contributed by atoms with Crippen molar-refractivity contribution in [2.75, 3.05) is 39.4 Å². The molecule has 2 saturated heterocycles. The maximum absolute atomic E-state index is 12.4. The Balaban J connectivity index is 1.74. The number of piperidine rings is 1. The van der Waals surface area contributed by atoms with E-state index in [1.807, 2.05) is 0 Å². The second kappa shape index (κ2) is 8.43. The van der Waals surface area contributed by atoms with Crippen LogP contribution in [0.1, 0.15) is 39.0 Å². The van der Waals surface area contributed by atoms with E-state index in [-0.39, 0.29) is 6.04 Å². The second-order valence-corrected chi connectivity index (χ2v) is 7.76. The van der Waals surface area contributed by atoms with Gasteiger partial charge in [0, 0.05) is 32.3 Å². The fourth-order valence-electron chi connectivity index (χ4n) is 2.94. The zero-order valence-corrected chi connectivity index (χ0v) is 13.8. The zero-order chi connectivity index (χ0) is 15.1. The molecule has 2 aliphatic heterocycles. The maximum Gasteiger partial charge on any atom is 0.279 e. The number of hydrogen-bond acceptors (Lipinski definition) is 4. The maximum atomic E-state index is 12.4. The Morgan fingerprint density at radius 3 is 2.43 bits per heavy atom. The summed E-state index contributed by atoms with van der Waals surface area (Å²) >= 11 is 0. The van der Waals surface area contributed by atoms with Gasteiger partial charge in [0.15, 0.2) is 0 Å². The van der Waals surface area contributed by atoms with Gasteiger partial charge in [-0.25, -0.2) is 0 Å². The summed E-state index contributed by atoms with van der Waals surface area (Å²) in [5, 5.41) is 3.43. The lowest BCUT2D eigenvalue weighted by atomic mass is 9.98. The molecule has 0 spiro atoms. The predicted octanol–water partition coefficient (Wildman–Crippen LogP) is 0.711. The number of nitrogens with one attached hydrogen (secondary N) is 2. The Morgan fingerprint density at radius 1 is 1.14 bits per heavy atom. The second-order valence-electron chi connectivity index (χ2n) is 6.06. The lowest BCUT2D eigenvalue weighted by Gasteiger charge is -2.33. The van der Waals surface area contributed by atoms with Gasteiger partial charge in [-0.1, -0.05) is 6.92 Å². The molecular weight excluding hydrogens is 290 g/mol. The first-order valence-electron chi connectivity index (χ1n) is 8.17. The molecule has 124 valence electrons. The topological polar surface area (TPSA) is 70.7 Å². The van der Waals surface area contributed by atoms with Crippen molar-refractivity contribution in [3.63, 3.8) is 0 Å². The highest BCUT2D eigenvalue weighted by Gasteiger charge is 2.30. The van der Waals surface area contributed by atoms with Crippen LogP contribution in [0.2, 0.25) is 0 Å². The smallest absolute Gasteiger partial charge is 0.279 e. The summed E-state index contributed by atoms with van der Waals surface area (Å²) in [5.41, 5.74) is 0. The molecular formula is C14H29N3O3S. The van der Waals surface area contributed by atoms with E-state index in [1.54, 1.807) is 4.31 Å². The van der Waals surface area contributed by atoms with Crippen LogP contribution in [-0.2, 0) is 14.9 Å². The fourth-order valence-corrected chi connectivity index (χ4v) is 4.43. The van der Waals surface area contributed by atoms with Crippen LogP contribution in [0.15, 0.2) is 0 Å². The van der Waals surface area contributed by atoms with Crippen molar-refractivity contribution < 1.29 is 13.2 Å². The minimum atomic E-state index is -3.32. The molecule has 2 fully saturated rings. The summed E-state index contributed by atoms with van der Waals surface area (Å²) in [5.74, 6) is 0.603. The van der Waals surface area contributed by atoms with E-state index in [0.717, 1.165) is 45.2 Å². The number of ether oxygens (including phenoxy) is 1. The van der Waals surface area contributed by atoms with E-state index in [1.165, 1.54) is 0 Å². The Hall–Kier alpha value is -0.210. The van der Waals surface area contributed by atoms with Crippen molar-refractivity contribution in [2.24, 2.45) is 5.92 Å². The molecule has 21 heavy (non-hydrogen) atoms. The quantitative estimate of drug-likeness (QED) is 0.678. The fraction of sp³-hybridized carbons (Fsp3) is 1.00. The third-order valence-electron chi connectivity index (χ3n) is 4.31. The van der Waals surface area contributed by atoms with E-state index >= 15 is 0 Å². The molecule has 0 bridgehead atoms. The van der Waals surface area contributed by atoms with Gasteiger partial charge in [-0.3, -0.25) is 0 Å². The van der Waals surface area contributed by atoms with Crippen LogP contribution in [0.4, 0.5) is 0 Å². The molecule has 0 aromatic heterocycles. The average molecular weight is 319 g/mol. The summed E-state index contributed by atoms with van der Waals surface area (Å²) in [6.45, 7) is 6.79. The third-order valence-corrected chi connectivity index (χ3v) is 5.99. The normalized spacial score (nSPS) is 23.5. The number of hydrogen-bond donors (Lipinski definition) is 2. The van der Waals surface area contributed by atoms with Crippen molar-refractivity contribution >= 4 is 10.2 Å². The van der Waals surface area contributed by atoms with Crippen LogP contribution < -0.4 is 10.0 Å². The van der Waals surface area contributed by atoms with Crippen LogP contribution >= 0.6 is 0 Å². The van der Waals surface area contributed by atoms with Crippen molar-refractivity contribution in [1.29, 1.82) is 0 Å². The number of rotatable bonds is 7. The van der Waals surface area contributed by atoms with Crippen molar-refractivity contribution in [2.45, 2.75) is 45.1 Å². The van der Waals surface area contributed by atoms with Gasteiger partial charge in [0.1, 0.15) is 0 Å².